The maximum Gasteiger partial charge on any atom is 0.180 e. The number of hydrazine groups is 1. The quantitative estimate of drug-likeness (QED) is 0.388. The minimum absolute atomic E-state index is 0.463. The first-order chi connectivity index (χ1) is 6.63. The van der Waals surface area contributed by atoms with Gasteiger partial charge in [-0.15, -0.1) is 0 Å². The third-order valence-electron chi connectivity index (χ3n) is 2.07. The molecule has 0 unspecified atom stereocenters. The second-order valence-electron chi connectivity index (χ2n) is 3.26. The van der Waals surface area contributed by atoms with E-state index in [9.17, 15) is 0 Å². The van der Waals surface area contributed by atoms with Crippen molar-refractivity contribution >= 4 is 17.3 Å². The molecule has 0 heterocycles. The molecule has 0 saturated carbocycles. The number of hydrogen-bond acceptors (Lipinski definition) is 2. The molecule has 0 radical (unpaired) electrons. The van der Waals surface area contributed by atoms with Crippen LogP contribution in [0.25, 0.3) is 0 Å². The summed E-state index contributed by atoms with van der Waals surface area (Å²) < 4.78 is 0. The predicted molar refractivity (Wildman–Crippen MR) is 62.7 cm³/mol. The van der Waals surface area contributed by atoms with Crippen molar-refractivity contribution in [3.63, 3.8) is 0 Å². The predicted octanol–water partition coefficient (Wildman–Crippen LogP) is 1.14. The molecule has 1 rings (SSSR count). The molecule has 0 amide bonds. The Morgan fingerprint density at radius 2 is 2.14 bits per heavy atom. The zero-order chi connectivity index (χ0) is 10.6. The van der Waals surface area contributed by atoms with Crippen LogP contribution >= 0.6 is 12.2 Å². The van der Waals surface area contributed by atoms with Crippen molar-refractivity contribution in [1.29, 1.82) is 0 Å². The minimum atomic E-state index is 0.463. The number of nitrogens with two attached hydrogens (primary N) is 1. The molecule has 0 aliphatic rings. The molecule has 0 bridgehead atoms. The largest absolute Gasteiger partial charge is 0.358 e. The first kappa shape index (κ1) is 10.9. The van der Waals surface area contributed by atoms with Gasteiger partial charge in [-0.2, -0.15) is 0 Å². The Labute approximate surface area is 89.7 Å². The lowest BCUT2D eigenvalue weighted by Crippen LogP contribution is -2.39. The number of rotatable bonds is 2. The van der Waals surface area contributed by atoms with Crippen LogP contribution in [0.5, 0.6) is 0 Å². The van der Waals surface area contributed by atoms with Gasteiger partial charge >= 0.3 is 0 Å². The number of aryl methyl sites for hydroxylation is 2. The molecule has 0 aromatic heterocycles. The van der Waals surface area contributed by atoms with E-state index in [1.807, 2.05) is 0 Å². The summed E-state index contributed by atoms with van der Waals surface area (Å²) in [5, 5.41) is 3.47. The summed E-state index contributed by atoms with van der Waals surface area (Å²) in [7, 11) is 0. The van der Waals surface area contributed by atoms with E-state index >= 15 is 0 Å². The lowest BCUT2D eigenvalue weighted by molar-refractivity contribution is 0.860. The molecule has 0 saturated heterocycles. The summed E-state index contributed by atoms with van der Waals surface area (Å²) in [5.74, 6) is 5.14. The number of hydrogen-bond donors (Lipinski definition) is 3. The minimum Gasteiger partial charge on any atom is -0.358 e. The van der Waals surface area contributed by atoms with Crippen LogP contribution in [0.4, 0.5) is 0 Å². The van der Waals surface area contributed by atoms with Gasteiger partial charge in [-0.05, 0) is 37.2 Å². The lowest BCUT2D eigenvalue weighted by atomic mass is 10.1. The van der Waals surface area contributed by atoms with Crippen LogP contribution in [0.15, 0.2) is 18.2 Å². The molecular formula is C10H15N3S. The molecule has 1 aromatic carbocycles. The molecule has 0 fully saturated rings. The van der Waals surface area contributed by atoms with Crippen LogP contribution < -0.4 is 16.6 Å². The van der Waals surface area contributed by atoms with Gasteiger partial charge in [0, 0.05) is 6.54 Å². The fourth-order valence-corrected chi connectivity index (χ4v) is 1.34. The summed E-state index contributed by atoms with van der Waals surface area (Å²) >= 11 is 4.88. The number of nitrogens with one attached hydrogen (secondary N) is 2. The summed E-state index contributed by atoms with van der Waals surface area (Å²) in [4.78, 5) is 0. The Morgan fingerprint density at radius 1 is 1.43 bits per heavy atom. The smallest absolute Gasteiger partial charge is 0.180 e. The third-order valence-corrected chi connectivity index (χ3v) is 2.33. The monoisotopic (exact) mass is 209 g/mol. The van der Waals surface area contributed by atoms with Gasteiger partial charge in [0.25, 0.3) is 0 Å². The Bertz CT molecular complexity index is 336. The second kappa shape index (κ2) is 4.93. The molecule has 0 spiro atoms. The summed E-state index contributed by atoms with van der Waals surface area (Å²) in [6.45, 7) is 4.87. The zero-order valence-electron chi connectivity index (χ0n) is 8.42. The highest BCUT2D eigenvalue weighted by molar-refractivity contribution is 7.80. The van der Waals surface area contributed by atoms with E-state index < -0.39 is 0 Å². The Balaban J connectivity index is 2.63. The van der Waals surface area contributed by atoms with Crippen molar-refractivity contribution in [2.45, 2.75) is 20.4 Å². The molecular weight excluding hydrogens is 194 g/mol. The van der Waals surface area contributed by atoms with E-state index in [0.29, 0.717) is 11.7 Å². The molecule has 4 N–H and O–H groups in total. The molecule has 14 heavy (non-hydrogen) atoms. The third kappa shape index (κ3) is 2.97. The van der Waals surface area contributed by atoms with E-state index in [4.69, 9.17) is 18.1 Å². The molecule has 76 valence electrons. The van der Waals surface area contributed by atoms with Crippen LogP contribution in [0.3, 0.4) is 0 Å². The molecule has 1 aromatic rings. The van der Waals surface area contributed by atoms with E-state index in [0.717, 1.165) is 0 Å². The maximum absolute atomic E-state index is 5.14. The van der Waals surface area contributed by atoms with Crippen molar-refractivity contribution in [2.24, 2.45) is 5.84 Å². The van der Waals surface area contributed by atoms with Crippen molar-refractivity contribution < 1.29 is 0 Å². The van der Waals surface area contributed by atoms with Gasteiger partial charge in [0.05, 0.1) is 0 Å². The molecule has 0 aliphatic carbocycles. The molecule has 3 nitrogen and oxygen atoms in total. The van der Waals surface area contributed by atoms with Gasteiger partial charge < -0.3 is 10.7 Å². The van der Waals surface area contributed by atoms with Crippen molar-refractivity contribution in [3.8, 4) is 0 Å². The van der Waals surface area contributed by atoms with Crippen molar-refractivity contribution in [1.82, 2.24) is 10.7 Å². The van der Waals surface area contributed by atoms with E-state index in [-0.39, 0.29) is 0 Å². The van der Waals surface area contributed by atoms with Gasteiger partial charge in [0.15, 0.2) is 5.11 Å². The highest BCUT2D eigenvalue weighted by Gasteiger charge is 1.98. The fraction of sp³-hybridized carbons (Fsp3) is 0.300. The Kier molecular flexibility index (Phi) is 3.85. The summed E-state index contributed by atoms with van der Waals surface area (Å²) in [6.07, 6.45) is 0. The molecule has 0 aliphatic heterocycles. The van der Waals surface area contributed by atoms with Gasteiger partial charge in [-0.1, -0.05) is 23.8 Å². The first-order valence-electron chi connectivity index (χ1n) is 4.44. The highest BCUT2D eigenvalue weighted by atomic mass is 32.1. The van der Waals surface area contributed by atoms with Crippen LogP contribution in [0.1, 0.15) is 16.7 Å². The normalized spacial score (nSPS) is 9.64. The van der Waals surface area contributed by atoms with Crippen molar-refractivity contribution in [2.75, 3.05) is 0 Å². The van der Waals surface area contributed by atoms with Crippen LogP contribution in [0.2, 0.25) is 0 Å². The topological polar surface area (TPSA) is 50.1 Å². The van der Waals surface area contributed by atoms with E-state index in [1.54, 1.807) is 0 Å². The van der Waals surface area contributed by atoms with Crippen LogP contribution in [0, 0.1) is 13.8 Å². The van der Waals surface area contributed by atoms with Crippen LogP contribution in [-0.2, 0) is 6.54 Å². The van der Waals surface area contributed by atoms with Gasteiger partial charge in [-0.25, -0.2) is 5.84 Å². The molecule has 0 atom stereocenters. The zero-order valence-corrected chi connectivity index (χ0v) is 9.24. The Morgan fingerprint density at radius 3 is 2.71 bits per heavy atom. The summed E-state index contributed by atoms with van der Waals surface area (Å²) in [6, 6.07) is 6.33. The molecule has 4 heteroatoms. The Hall–Kier alpha value is -1.13. The lowest BCUT2D eigenvalue weighted by Gasteiger charge is -2.09. The van der Waals surface area contributed by atoms with E-state index in [1.165, 1.54) is 16.7 Å². The maximum atomic E-state index is 5.14. The van der Waals surface area contributed by atoms with Crippen LogP contribution in [-0.4, -0.2) is 5.11 Å². The SMILES string of the molecule is Cc1ccc(CNC(=S)NN)c(C)c1. The highest BCUT2D eigenvalue weighted by Crippen LogP contribution is 2.09. The standard InChI is InChI=1S/C10H15N3S/c1-7-3-4-9(8(2)5-7)6-12-10(14)13-11/h3-5H,6,11H2,1-2H3,(H2,12,13,14). The summed E-state index contributed by atoms with van der Waals surface area (Å²) in [5.41, 5.74) is 6.15. The van der Waals surface area contributed by atoms with Crippen molar-refractivity contribution in [3.05, 3.63) is 34.9 Å². The van der Waals surface area contributed by atoms with Gasteiger partial charge in [-0.3, -0.25) is 0 Å². The number of thiocarbonyl (C=S) groups is 1. The van der Waals surface area contributed by atoms with Gasteiger partial charge in [0.2, 0.25) is 0 Å². The van der Waals surface area contributed by atoms with E-state index in [2.05, 4.69) is 42.8 Å². The first-order valence-corrected chi connectivity index (χ1v) is 4.85. The number of benzene rings is 1. The second-order valence-corrected chi connectivity index (χ2v) is 3.67. The van der Waals surface area contributed by atoms with Gasteiger partial charge in [0.1, 0.15) is 0 Å². The fourth-order valence-electron chi connectivity index (χ4n) is 1.27. The average Bonchev–Trinajstić information content (AvgIpc) is 2.16. The average molecular weight is 209 g/mol.